The number of phenolic OH excluding ortho intramolecular Hbond substituents is 2. The normalized spacial score (nSPS) is 13.0. The minimum atomic E-state index is -0.534. The summed E-state index contributed by atoms with van der Waals surface area (Å²) < 4.78 is 0. The van der Waals surface area contributed by atoms with Crippen LogP contribution in [0.5, 0.6) is 11.5 Å². The van der Waals surface area contributed by atoms with Gasteiger partial charge in [0.1, 0.15) is 11.5 Å². The quantitative estimate of drug-likeness (QED) is 0.246. The zero-order chi connectivity index (χ0) is 27.0. The molecule has 0 aliphatic rings. The molecule has 0 saturated heterocycles. The largest absolute Gasteiger partial charge is 0.507 e. The number of carbonyl (C=O) groups excluding carboxylic acids is 2. The van der Waals surface area contributed by atoms with Crippen LogP contribution in [0.1, 0.15) is 114 Å². The number of hydrogen-bond donors (Lipinski definition) is 2. The van der Waals surface area contributed by atoms with Crippen molar-refractivity contribution >= 4 is 17.6 Å². The molecule has 0 radical (unpaired) electrons. The number of carbonyl (C=O) groups is 2. The molecule has 190 valence electrons. The summed E-state index contributed by atoms with van der Waals surface area (Å²) in [4.78, 5) is 24.1. The zero-order valence-corrected chi connectivity index (χ0v) is 23.3. The Morgan fingerprint density at radius 3 is 1.74 bits per heavy atom. The molecule has 0 aromatic heterocycles. The third kappa shape index (κ3) is 5.86. The van der Waals surface area contributed by atoms with E-state index in [9.17, 15) is 19.8 Å². The molecule has 0 aliphatic carbocycles. The predicted molar refractivity (Wildman–Crippen MR) is 145 cm³/mol. The van der Waals surface area contributed by atoms with Gasteiger partial charge in [-0.05, 0) is 78.5 Å². The molecular formula is C31H42O4. The van der Waals surface area contributed by atoms with Crippen molar-refractivity contribution in [2.45, 2.75) is 98.8 Å². The second-order valence-electron chi connectivity index (χ2n) is 11.8. The average Bonchev–Trinajstić information content (AvgIpc) is 2.71. The fraction of sp³-hybridized carbons (Fsp3) is 0.484. The summed E-state index contributed by atoms with van der Waals surface area (Å²) in [5.74, 6) is -0.220. The van der Waals surface area contributed by atoms with Gasteiger partial charge in [-0.15, -0.1) is 0 Å². The Balaban J connectivity index is 2.80. The summed E-state index contributed by atoms with van der Waals surface area (Å²) >= 11 is 0. The Hall–Kier alpha value is -2.88. The van der Waals surface area contributed by atoms with E-state index in [1.807, 2.05) is 52.0 Å². The highest BCUT2D eigenvalue weighted by molar-refractivity contribution is 6.21. The van der Waals surface area contributed by atoms with E-state index in [-0.39, 0.29) is 45.9 Å². The average molecular weight is 479 g/mol. The summed E-state index contributed by atoms with van der Waals surface area (Å²) in [6, 6.07) is 7.76. The maximum atomic E-state index is 12.1. The Morgan fingerprint density at radius 2 is 1.29 bits per heavy atom. The molecule has 0 heterocycles. The monoisotopic (exact) mass is 478 g/mol. The molecule has 2 aromatic rings. The summed E-state index contributed by atoms with van der Waals surface area (Å²) in [6.07, 6.45) is 1.61. The van der Waals surface area contributed by atoms with Crippen molar-refractivity contribution in [3.8, 4) is 11.5 Å². The fourth-order valence-electron chi connectivity index (χ4n) is 4.64. The summed E-state index contributed by atoms with van der Waals surface area (Å²) in [7, 11) is 0. The fourth-order valence-corrected chi connectivity index (χ4v) is 4.64. The van der Waals surface area contributed by atoms with Gasteiger partial charge in [0.05, 0.1) is 5.57 Å². The number of ketones is 2. The minimum absolute atomic E-state index is 0.0374. The maximum Gasteiger partial charge on any atom is 0.163 e. The lowest BCUT2D eigenvalue weighted by molar-refractivity contribution is -0.119. The number of Topliss-reactive ketones (excluding diaryl/α,β-unsaturated/α-hetero) is 2. The van der Waals surface area contributed by atoms with Gasteiger partial charge in [-0.1, -0.05) is 73.1 Å². The molecule has 2 aromatic carbocycles. The van der Waals surface area contributed by atoms with Crippen LogP contribution in [0.15, 0.2) is 29.8 Å². The van der Waals surface area contributed by atoms with Crippen molar-refractivity contribution in [1.29, 1.82) is 0 Å². The number of rotatable bonds is 7. The van der Waals surface area contributed by atoms with Gasteiger partial charge in [0.2, 0.25) is 0 Å². The third-order valence-electron chi connectivity index (χ3n) is 7.19. The highest BCUT2D eigenvalue weighted by atomic mass is 16.3. The number of phenols is 2. The molecule has 0 amide bonds. The second-order valence-corrected chi connectivity index (χ2v) is 11.8. The Kier molecular flexibility index (Phi) is 8.11. The van der Waals surface area contributed by atoms with Crippen molar-refractivity contribution in [1.82, 2.24) is 0 Å². The van der Waals surface area contributed by atoms with Gasteiger partial charge in [0.25, 0.3) is 0 Å². The molecule has 0 bridgehead atoms. The van der Waals surface area contributed by atoms with E-state index in [1.54, 1.807) is 6.08 Å². The Bertz CT molecular complexity index is 1160. The Morgan fingerprint density at radius 1 is 0.800 bits per heavy atom. The van der Waals surface area contributed by atoms with Gasteiger partial charge >= 0.3 is 0 Å². The smallest absolute Gasteiger partial charge is 0.163 e. The van der Waals surface area contributed by atoms with Crippen molar-refractivity contribution < 1.29 is 19.8 Å². The van der Waals surface area contributed by atoms with Crippen LogP contribution in [0.3, 0.4) is 0 Å². The number of hydrogen-bond acceptors (Lipinski definition) is 4. The highest BCUT2D eigenvalue weighted by Gasteiger charge is 2.36. The van der Waals surface area contributed by atoms with Gasteiger partial charge in [-0.25, -0.2) is 0 Å². The summed E-state index contributed by atoms with van der Waals surface area (Å²) in [5.41, 5.74) is 4.34. The predicted octanol–water partition coefficient (Wildman–Crippen LogP) is 7.47. The number of aryl methyl sites for hydroxylation is 1. The minimum Gasteiger partial charge on any atom is -0.507 e. The molecule has 35 heavy (non-hydrogen) atoms. The topological polar surface area (TPSA) is 74.6 Å². The lowest BCUT2D eigenvalue weighted by atomic mass is 9.68. The Labute approximate surface area is 211 Å². The molecular weight excluding hydrogens is 436 g/mol. The third-order valence-corrected chi connectivity index (χ3v) is 7.19. The van der Waals surface area contributed by atoms with E-state index in [1.165, 1.54) is 13.8 Å². The second kappa shape index (κ2) is 10.0. The first kappa shape index (κ1) is 28.4. The van der Waals surface area contributed by atoms with Crippen molar-refractivity contribution in [2.75, 3.05) is 0 Å². The van der Waals surface area contributed by atoms with E-state index in [4.69, 9.17) is 0 Å². The van der Waals surface area contributed by atoms with E-state index in [0.29, 0.717) is 5.56 Å². The van der Waals surface area contributed by atoms with Crippen LogP contribution in [0.4, 0.5) is 0 Å². The molecule has 2 rings (SSSR count). The maximum absolute atomic E-state index is 12.1. The standard InChI is InChI=1S/C31H42O4/c1-17(2)23-14-22(16-25(20(5)32)21(6)33)15-24(28(23)34)19(4)31(10,11)27-13-18(3)12-26(29(27)35)30(7,8)9/h12-17,19,34-35H,1-11H3. The van der Waals surface area contributed by atoms with Crippen LogP contribution < -0.4 is 0 Å². The number of aromatic hydroxyl groups is 2. The molecule has 2 N–H and O–H groups in total. The van der Waals surface area contributed by atoms with Gasteiger partial charge < -0.3 is 10.2 Å². The molecule has 0 fully saturated rings. The highest BCUT2D eigenvalue weighted by Crippen LogP contribution is 2.48. The molecule has 1 unspecified atom stereocenters. The van der Waals surface area contributed by atoms with E-state index < -0.39 is 5.41 Å². The van der Waals surface area contributed by atoms with Crippen molar-refractivity contribution in [3.05, 3.63) is 63.2 Å². The zero-order valence-electron chi connectivity index (χ0n) is 23.3. The molecule has 0 aliphatic heterocycles. The van der Waals surface area contributed by atoms with E-state index >= 15 is 0 Å². The number of allylic oxidation sites excluding steroid dienone is 1. The number of benzene rings is 2. The van der Waals surface area contributed by atoms with Gasteiger partial charge in [-0.3, -0.25) is 9.59 Å². The van der Waals surface area contributed by atoms with Crippen LogP contribution in [0, 0.1) is 6.92 Å². The van der Waals surface area contributed by atoms with Crippen molar-refractivity contribution in [3.63, 3.8) is 0 Å². The molecule has 1 atom stereocenters. The van der Waals surface area contributed by atoms with Crippen LogP contribution in [-0.2, 0) is 20.4 Å². The van der Waals surface area contributed by atoms with Crippen LogP contribution >= 0.6 is 0 Å². The van der Waals surface area contributed by atoms with E-state index in [0.717, 1.165) is 27.8 Å². The summed E-state index contributed by atoms with van der Waals surface area (Å²) in [6.45, 7) is 21.2. The van der Waals surface area contributed by atoms with Gasteiger partial charge in [0, 0.05) is 11.0 Å². The van der Waals surface area contributed by atoms with Crippen LogP contribution in [0.25, 0.3) is 6.08 Å². The SMILES string of the molecule is CC(=O)C(=Cc1cc(C(C)C)c(O)c(C(C)C(C)(C)c2cc(C)cc(C(C)(C)C)c2O)c1)C(C)=O. The van der Waals surface area contributed by atoms with Crippen LogP contribution in [0.2, 0.25) is 0 Å². The van der Waals surface area contributed by atoms with Gasteiger partial charge in [0.15, 0.2) is 11.6 Å². The molecule has 4 nitrogen and oxygen atoms in total. The van der Waals surface area contributed by atoms with E-state index in [2.05, 4.69) is 34.6 Å². The first-order valence-corrected chi connectivity index (χ1v) is 12.3. The van der Waals surface area contributed by atoms with Crippen LogP contribution in [-0.4, -0.2) is 21.8 Å². The van der Waals surface area contributed by atoms with Crippen molar-refractivity contribution in [2.24, 2.45) is 0 Å². The first-order valence-electron chi connectivity index (χ1n) is 12.3. The summed E-state index contributed by atoms with van der Waals surface area (Å²) in [5, 5.41) is 22.6. The lowest BCUT2D eigenvalue weighted by Gasteiger charge is -2.36. The van der Waals surface area contributed by atoms with Gasteiger partial charge in [-0.2, -0.15) is 0 Å². The first-order chi connectivity index (χ1) is 15.9. The molecule has 0 spiro atoms. The molecule has 0 saturated carbocycles. The lowest BCUT2D eigenvalue weighted by Crippen LogP contribution is -2.27. The molecule has 4 heteroatoms.